The van der Waals surface area contributed by atoms with Gasteiger partial charge in [-0.15, -0.1) is 9.13 Å². The molecule has 338 valence electrons. The molecule has 67 heavy (non-hydrogen) atoms. The predicted molar refractivity (Wildman–Crippen MR) is 277 cm³/mol. The van der Waals surface area contributed by atoms with Crippen molar-refractivity contribution >= 4 is 11.0 Å². The molecule has 4 heteroatoms. The fraction of sp³-hybridized carbons (Fsp3) is 0.333. The van der Waals surface area contributed by atoms with Crippen LogP contribution in [0.4, 0.5) is 0 Å². The van der Waals surface area contributed by atoms with E-state index in [0.717, 1.165) is 23.6 Å². The number of rotatable bonds is 5. The number of imidazole rings is 1. The highest BCUT2D eigenvalue weighted by atomic mass is 16.5. The van der Waals surface area contributed by atoms with E-state index in [9.17, 15) is 17.8 Å². The number of nitrogens with zero attached hydrogens (tertiary/aromatic N) is 3. The molecule has 0 N–H and O–H groups in total. The molecule has 0 saturated carbocycles. The summed E-state index contributed by atoms with van der Waals surface area (Å²) < 4.78 is 213. The highest BCUT2D eigenvalue weighted by Crippen LogP contribution is 2.56. The van der Waals surface area contributed by atoms with Gasteiger partial charge >= 0.3 is 11.7 Å². The second kappa shape index (κ2) is 14.4. The lowest BCUT2D eigenvalue weighted by molar-refractivity contribution is -0.997. The van der Waals surface area contributed by atoms with Crippen molar-refractivity contribution in [2.24, 2.45) is 5.92 Å². The van der Waals surface area contributed by atoms with Crippen LogP contribution in [0, 0.1) is 5.92 Å². The number of para-hydroxylation sites is 1. The molecule has 1 atom stereocenters. The van der Waals surface area contributed by atoms with Crippen molar-refractivity contribution in [1.82, 2.24) is 4.57 Å². The van der Waals surface area contributed by atoms with Crippen LogP contribution >= 0.6 is 0 Å². The van der Waals surface area contributed by atoms with Crippen molar-refractivity contribution in [3.8, 4) is 67.5 Å². The van der Waals surface area contributed by atoms with Gasteiger partial charge in [0.05, 0.1) is 13.8 Å². The first kappa shape index (κ1) is 25.2. The van der Waals surface area contributed by atoms with Crippen molar-refractivity contribution in [2.45, 2.75) is 131 Å². The predicted octanol–water partition coefficient (Wildman–Crippen LogP) is 15.2. The fourth-order valence-corrected chi connectivity index (χ4v) is 10.2. The monoisotopic (exact) mass is 904 g/mol. The second-order valence-electron chi connectivity index (χ2n) is 21.1. The molecule has 6 aromatic carbocycles. The lowest BCUT2D eigenvalue weighted by Crippen LogP contribution is -2.78. The third kappa shape index (κ3) is 6.52. The van der Waals surface area contributed by atoms with E-state index in [2.05, 4.69) is 19.9 Å². The van der Waals surface area contributed by atoms with Crippen molar-refractivity contribution in [2.75, 3.05) is 0 Å². The van der Waals surface area contributed by atoms with E-state index in [4.69, 9.17) is 17.1 Å². The highest BCUT2D eigenvalue weighted by molar-refractivity contribution is 5.98. The van der Waals surface area contributed by atoms with Gasteiger partial charge in [-0.3, -0.25) is 0 Å². The summed E-state index contributed by atoms with van der Waals surface area (Å²) in [6.07, 6.45) is -0.138. The van der Waals surface area contributed by atoms with Crippen molar-refractivity contribution in [3.63, 3.8) is 0 Å². The molecular weight excluding hydrogens is 815 g/mol. The molecule has 1 unspecified atom stereocenters. The molecule has 11 rings (SSSR count). The van der Waals surface area contributed by atoms with Gasteiger partial charge in [0.2, 0.25) is 5.69 Å². The van der Waals surface area contributed by atoms with Crippen molar-refractivity contribution < 1.29 is 44.0 Å². The van der Waals surface area contributed by atoms with Gasteiger partial charge in [0.25, 0.3) is 0 Å². The van der Waals surface area contributed by atoms with Gasteiger partial charge in [-0.05, 0) is 127 Å². The number of ether oxygens (including phenoxy) is 1. The SMILES string of the molecule is [2H]c1c([2H])c(C(C([2H])([2H])[2H])(C([2H])([2H])[2H])C([2H])([2H])[2H])c([2H])c([2H])c1-c1c([2H])c([2H])[n+]2c(c1[2H])-c1cc(C(C)(C)C)cc3c1C21Oc2c(cc(C(C)(C)C)cc2C(C)(C([2H])([2H])[2H])C([2H])([2H])[2H])-c2n(-c4ccc(-c5ccccc5)c(CC(C)C)c4)c4cccc-3c4[n+]21. The van der Waals surface area contributed by atoms with Gasteiger partial charge in [0, 0.05) is 49.3 Å². The zero-order valence-corrected chi connectivity index (χ0v) is 39.2. The summed E-state index contributed by atoms with van der Waals surface area (Å²) in [5.74, 6) is -2.02. The number of benzene rings is 6. The van der Waals surface area contributed by atoms with Gasteiger partial charge in [-0.2, -0.15) is 4.57 Å². The van der Waals surface area contributed by atoms with Crippen LogP contribution in [0.1, 0.15) is 160 Å². The van der Waals surface area contributed by atoms with Gasteiger partial charge in [-0.25, -0.2) is 0 Å². The number of hydrogen-bond acceptors (Lipinski definition) is 1. The molecule has 2 aromatic heterocycles. The first-order valence-corrected chi connectivity index (χ1v) is 22.8. The van der Waals surface area contributed by atoms with E-state index in [1.165, 1.54) is 4.57 Å². The summed E-state index contributed by atoms with van der Waals surface area (Å²) in [6.45, 7) is -1.48. The van der Waals surface area contributed by atoms with Crippen molar-refractivity contribution in [3.05, 3.63) is 167 Å². The topological polar surface area (TPSA) is 21.9 Å². The standard InChI is InChI=1S/C63H67N3O/c1-38(2)31-42-32-46(27-28-47(42)40-19-16-15-17-20-40)65-53-22-18-21-48-49-34-44(60(6,7)8)35-50-54-33-41(39-23-25-43(26-24-39)59(3,4)5)29-30-64(54)63(55(49)50)66(56(48)53)58(65)51-36-45(61(9,10)11)37-52(57(51)67-63)62(12,13)14/h15-30,32-38H,31H2,1-14H3/q+2/i3D3,4D3,5D3,12D3,13D3,23D,24D,25D,26D,29D,30D,33D. The molecule has 4 nitrogen and oxygen atoms in total. The van der Waals surface area contributed by atoms with Gasteiger partial charge in [0.1, 0.15) is 18.2 Å². The number of hydrogen-bond donors (Lipinski definition) is 0. The molecular formula is C63H67N3O+2. The van der Waals surface area contributed by atoms with Gasteiger partial charge in [0.15, 0.2) is 23.0 Å². The first-order valence-electron chi connectivity index (χ1n) is 33.8. The molecule has 0 saturated heterocycles. The number of fused-ring (bicyclic) bond motifs is 5. The van der Waals surface area contributed by atoms with E-state index in [1.807, 2.05) is 123 Å². The Morgan fingerprint density at radius 3 is 2.00 bits per heavy atom. The molecule has 0 bridgehead atoms. The minimum Gasteiger partial charge on any atom is -0.392 e. The average molecular weight is 904 g/mol. The lowest BCUT2D eigenvalue weighted by Gasteiger charge is -2.36. The summed E-state index contributed by atoms with van der Waals surface area (Å²) in [5.41, 5.74) is -3.71. The lowest BCUT2D eigenvalue weighted by atomic mass is 9.78. The van der Waals surface area contributed by atoms with E-state index >= 15 is 0 Å². The maximum absolute atomic E-state index is 10.5. The van der Waals surface area contributed by atoms with Crippen LogP contribution in [0.25, 0.3) is 72.7 Å². The molecule has 3 aliphatic rings. The fourth-order valence-electron chi connectivity index (χ4n) is 10.2. The Labute approximate surface area is 429 Å². The average Bonchev–Trinajstić information content (AvgIpc) is 1.51. The Morgan fingerprint density at radius 1 is 0.627 bits per heavy atom. The normalized spacial score (nSPS) is 21.7. The zero-order chi connectivity index (χ0) is 65.9. The Kier molecular flexibility index (Phi) is 5.41. The molecule has 0 aliphatic carbocycles. The summed E-state index contributed by atoms with van der Waals surface area (Å²) >= 11 is 0. The zero-order valence-electron chi connectivity index (χ0n) is 61.2. The number of pyridine rings is 1. The molecule has 1 spiro atoms. The van der Waals surface area contributed by atoms with Crippen LogP contribution in [-0.2, 0) is 33.9 Å². The van der Waals surface area contributed by atoms with E-state index < -0.39 is 121 Å². The highest BCUT2D eigenvalue weighted by Gasteiger charge is 2.69. The largest absolute Gasteiger partial charge is 0.499 e. The molecule has 3 aliphatic heterocycles. The third-order valence-electron chi connectivity index (χ3n) is 13.4. The third-order valence-corrected chi connectivity index (χ3v) is 13.4. The maximum atomic E-state index is 10.5. The van der Waals surface area contributed by atoms with Crippen LogP contribution in [-0.4, -0.2) is 4.57 Å². The Bertz CT molecular complexity index is 4260. The number of aromatic nitrogens is 3. The van der Waals surface area contributed by atoms with Crippen LogP contribution < -0.4 is 13.9 Å². The van der Waals surface area contributed by atoms with Crippen LogP contribution in [0.2, 0.25) is 0 Å². The summed E-state index contributed by atoms with van der Waals surface area (Å²) in [6, 6.07) is 22.2. The van der Waals surface area contributed by atoms with E-state index in [0.29, 0.717) is 51.2 Å². The maximum Gasteiger partial charge on any atom is 0.499 e. The first-order chi connectivity index (χ1) is 40.7. The summed E-state index contributed by atoms with van der Waals surface area (Å²) in [4.78, 5) is 0. The molecule has 0 amide bonds. The summed E-state index contributed by atoms with van der Waals surface area (Å²) in [5, 5.41) is 0. The van der Waals surface area contributed by atoms with E-state index in [-0.39, 0.29) is 39.6 Å². The minimum absolute atomic E-state index is 0.175. The molecule has 0 fully saturated rings. The van der Waals surface area contributed by atoms with Gasteiger partial charge in [-0.1, -0.05) is 163 Å². The van der Waals surface area contributed by atoms with Crippen molar-refractivity contribution in [1.29, 1.82) is 0 Å². The quantitative estimate of drug-likeness (QED) is 0.158. The summed E-state index contributed by atoms with van der Waals surface area (Å²) in [7, 11) is 0. The Morgan fingerprint density at radius 2 is 1.31 bits per heavy atom. The second-order valence-corrected chi connectivity index (χ2v) is 21.1. The molecule has 0 radical (unpaired) electrons. The Balaban J connectivity index is 1.37. The van der Waals surface area contributed by atoms with Crippen LogP contribution in [0.3, 0.4) is 0 Å². The van der Waals surface area contributed by atoms with Crippen LogP contribution in [0.5, 0.6) is 5.75 Å². The Hall–Kier alpha value is -6.26. The van der Waals surface area contributed by atoms with Crippen LogP contribution in [0.15, 0.2) is 133 Å². The minimum atomic E-state index is -4.00. The van der Waals surface area contributed by atoms with E-state index in [1.54, 1.807) is 12.1 Å². The van der Waals surface area contributed by atoms with Gasteiger partial charge < -0.3 is 4.74 Å². The smallest absolute Gasteiger partial charge is 0.392 e. The molecule has 8 aromatic rings. The molecule has 5 heterocycles.